The van der Waals surface area contributed by atoms with Crippen molar-refractivity contribution in [3.8, 4) is 11.5 Å². The van der Waals surface area contributed by atoms with Gasteiger partial charge in [0, 0.05) is 0 Å². The Morgan fingerprint density at radius 1 is 1.40 bits per heavy atom. The minimum Gasteiger partial charge on any atom is -0.486 e. The topological polar surface area (TPSA) is 55.8 Å². The summed E-state index contributed by atoms with van der Waals surface area (Å²) in [6.45, 7) is 3.07. The first-order valence-corrected chi connectivity index (χ1v) is 7.74. The molecule has 5 heteroatoms. The van der Waals surface area contributed by atoms with Crippen molar-refractivity contribution in [1.29, 1.82) is 0 Å². The van der Waals surface area contributed by atoms with Crippen LogP contribution in [0.2, 0.25) is 0 Å². The Bertz CT molecular complexity index is 563. The van der Waals surface area contributed by atoms with E-state index in [0.29, 0.717) is 37.6 Å². The van der Waals surface area contributed by atoms with Crippen LogP contribution >= 0.6 is 15.9 Å². The fourth-order valence-electron chi connectivity index (χ4n) is 3.09. The molecule has 0 unspecified atom stereocenters. The number of hydrogen-bond donors (Lipinski definition) is 1. The van der Waals surface area contributed by atoms with E-state index in [1.807, 2.05) is 13.0 Å². The Morgan fingerprint density at radius 3 is 2.65 bits per heavy atom. The first-order chi connectivity index (χ1) is 9.60. The third kappa shape index (κ3) is 1.83. The second-order valence-corrected chi connectivity index (χ2v) is 6.13. The summed E-state index contributed by atoms with van der Waals surface area (Å²) in [6.07, 6.45) is 3.12. The maximum atomic E-state index is 11.8. The largest absolute Gasteiger partial charge is 0.486 e. The summed E-state index contributed by atoms with van der Waals surface area (Å²) in [5.41, 5.74) is 1.16. The quantitative estimate of drug-likeness (QED) is 0.917. The molecule has 0 aromatic heterocycles. The molecule has 1 heterocycles. The normalized spacial score (nSPS) is 19.3. The lowest BCUT2D eigenvalue weighted by Crippen LogP contribution is -2.43. The van der Waals surface area contributed by atoms with Crippen LogP contribution in [0.5, 0.6) is 11.5 Å². The van der Waals surface area contributed by atoms with Crippen LogP contribution in [-0.4, -0.2) is 24.3 Å². The van der Waals surface area contributed by atoms with Gasteiger partial charge >= 0.3 is 5.97 Å². The molecule has 0 saturated heterocycles. The van der Waals surface area contributed by atoms with Gasteiger partial charge in [-0.1, -0.05) is 13.3 Å². The van der Waals surface area contributed by atoms with Crippen molar-refractivity contribution in [2.24, 2.45) is 0 Å². The summed E-state index contributed by atoms with van der Waals surface area (Å²) in [6, 6.07) is 1.88. The van der Waals surface area contributed by atoms with Gasteiger partial charge in [-0.05, 0) is 52.4 Å². The van der Waals surface area contributed by atoms with Crippen LogP contribution in [0.15, 0.2) is 10.5 Å². The number of halogens is 1. The van der Waals surface area contributed by atoms with Crippen molar-refractivity contribution in [3.05, 3.63) is 21.7 Å². The van der Waals surface area contributed by atoms with Crippen LogP contribution in [0.1, 0.15) is 37.3 Å². The van der Waals surface area contributed by atoms with Crippen LogP contribution in [-0.2, 0) is 16.6 Å². The van der Waals surface area contributed by atoms with E-state index in [1.54, 1.807) is 0 Å². The summed E-state index contributed by atoms with van der Waals surface area (Å²) in [4.78, 5) is 11.8. The summed E-state index contributed by atoms with van der Waals surface area (Å²) in [5, 5.41) is 9.66. The third-order valence-electron chi connectivity index (χ3n) is 4.36. The second-order valence-electron chi connectivity index (χ2n) is 5.34. The number of benzene rings is 1. The molecule has 3 rings (SSSR count). The molecular weight excluding hydrogens is 324 g/mol. The van der Waals surface area contributed by atoms with Gasteiger partial charge in [-0.15, -0.1) is 0 Å². The zero-order valence-electron chi connectivity index (χ0n) is 11.4. The van der Waals surface area contributed by atoms with Crippen molar-refractivity contribution >= 4 is 21.9 Å². The van der Waals surface area contributed by atoms with Crippen molar-refractivity contribution in [3.63, 3.8) is 0 Å². The Balaban J connectivity index is 2.20. The van der Waals surface area contributed by atoms with Crippen LogP contribution in [0.25, 0.3) is 0 Å². The second kappa shape index (κ2) is 4.95. The van der Waals surface area contributed by atoms with Crippen LogP contribution in [0, 0.1) is 0 Å². The van der Waals surface area contributed by atoms with E-state index in [2.05, 4.69) is 15.9 Å². The molecule has 0 radical (unpaired) electrons. The molecule has 0 atom stereocenters. The predicted octanol–water partition coefficient (Wildman–Crippen LogP) is 3.29. The zero-order valence-corrected chi connectivity index (χ0v) is 13.0. The molecule has 0 amide bonds. The number of carbonyl (C=O) groups is 1. The first-order valence-electron chi connectivity index (χ1n) is 6.95. The van der Waals surface area contributed by atoms with E-state index >= 15 is 0 Å². The van der Waals surface area contributed by atoms with Gasteiger partial charge in [0.15, 0.2) is 11.5 Å². The molecule has 20 heavy (non-hydrogen) atoms. The molecule has 108 valence electrons. The first kappa shape index (κ1) is 13.7. The van der Waals surface area contributed by atoms with Crippen molar-refractivity contribution in [1.82, 2.24) is 0 Å². The van der Waals surface area contributed by atoms with Gasteiger partial charge in [-0.3, -0.25) is 4.79 Å². The van der Waals surface area contributed by atoms with E-state index in [1.165, 1.54) is 0 Å². The Kier molecular flexibility index (Phi) is 3.40. The molecule has 1 aliphatic heterocycles. The maximum Gasteiger partial charge on any atom is 0.314 e. The smallest absolute Gasteiger partial charge is 0.314 e. The highest BCUT2D eigenvalue weighted by atomic mass is 79.9. The number of fused-ring (bicyclic) bond motifs is 1. The lowest BCUT2D eigenvalue weighted by atomic mass is 9.63. The lowest BCUT2D eigenvalue weighted by molar-refractivity contribution is -0.147. The molecule has 1 aromatic carbocycles. The van der Waals surface area contributed by atoms with Crippen molar-refractivity contribution in [2.45, 2.75) is 38.0 Å². The van der Waals surface area contributed by atoms with Gasteiger partial charge in [0.05, 0.1) is 9.89 Å². The highest BCUT2D eigenvalue weighted by molar-refractivity contribution is 9.10. The van der Waals surface area contributed by atoms with E-state index in [-0.39, 0.29) is 0 Å². The van der Waals surface area contributed by atoms with Gasteiger partial charge in [-0.2, -0.15) is 0 Å². The average Bonchev–Trinajstić information content (AvgIpc) is 2.37. The van der Waals surface area contributed by atoms with Gasteiger partial charge in [-0.25, -0.2) is 0 Å². The monoisotopic (exact) mass is 340 g/mol. The molecule has 1 aromatic rings. The molecule has 0 bridgehead atoms. The Morgan fingerprint density at radius 2 is 2.10 bits per heavy atom. The fraction of sp³-hybridized carbons (Fsp3) is 0.533. The predicted molar refractivity (Wildman–Crippen MR) is 77.7 cm³/mol. The molecule has 4 nitrogen and oxygen atoms in total. The molecule has 2 aliphatic rings. The highest BCUT2D eigenvalue weighted by Gasteiger charge is 2.48. The van der Waals surface area contributed by atoms with Crippen molar-refractivity contribution in [2.75, 3.05) is 13.2 Å². The standard InChI is InChI=1S/C15H17BrO4/c1-2-9-10(15(14(17)18)4-3-5-15)8-11-13(12(9)16)20-7-6-19-11/h8H,2-7H2,1H3,(H,17,18). The minimum atomic E-state index is -0.746. The summed E-state index contributed by atoms with van der Waals surface area (Å²) in [7, 11) is 0. The maximum absolute atomic E-state index is 11.8. The average molecular weight is 341 g/mol. The number of rotatable bonds is 3. The number of ether oxygens (including phenoxy) is 2. The number of aliphatic carboxylic acids is 1. The van der Waals surface area contributed by atoms with Crippen molar-refractivity contribution < 1.29 is 19.4 Å². The van der Waals surface area contributed by atoms with Gasteiger partial charge < -0.3 is 14.6 Å². The van der Waals surface area contributed by atoms with Crippen LogP contribution < -0.4 is 9.47 Å². The summed E-state index contributed by atoms with van der Waals surface area (Å²) >= 11 is 3.57. The van der Waals surface area contributed by atoms with Gasteiger partial charge in [0.1, 0.15) is 13.2 Å². The van der Waals surface area contributed by atoms with E-state index < -0.39 is 11.4 Å². The number of carboxylic acid groups (broad SMARTS) is 1. The molecule has 1 aliphatic carbocycles. The van der Waals surface area contributed by atoms with Gasteiger partial charge in [0.25, 0.3) is 0 Å². The highest BCUT2D eigenvalue weighted by Crippen LogP contribution is 2.51. The molecule has 1 fully saturated rings. The van der Waals surface area contributed by atoms with Crippen LogP contribution in [0.4, 0.5) is 0 Å². The molecular formula is C15H17BrO4. The minimum absolute atomic E-state index is 0.504. The zero-order chi connectivity index (χ0) is 14.3. The number of hydrogen-bond acceptors (Lipinski definition) is 3. The Labute approximate surface area is 126 Å². The fourth-order valence-corrected chi connectivity index (χ4v) is 3.89. The third-order valence-corrected chi connectivity index (χ3v) is 5.20. The van der Waals surface area contributed by atoms with E-state index in [0.717, 1.165) is 28.4 Å². The molecule has 0 spiro atoms. The Hall–Kier alpha value is -1.23. The summed E-state index contributed by atoms with van der Waals surface area (Å²) in [5.74, 6) is 0.626. The van der Waals surface area contributed by atoms with Crippen LogP contribution in [0.3, 0.4) is 0 Å². The molecule has 1 N–H and O–H groups in total. The van der Waals surface area contributed by atoms with E-state index in [4.69, 9.17) is 9.47 Å². The summed E-state index contributed by atoms with van der Waals surface area (Å²) < 4.78 is 12.1. The van der Waals surface area contributed by atoms with E-state index in [9.17, 15) is 9.90 Å². The molecule has 1 saturated carbocycles. The lowest BCUT2D eigenvalue weighted by Gasteiger charge is -2.40. The SMILES string of the molecule is CCc1c(C2(C(=O)O)CCC2)cc2c(c1Br)OCCO2. The number of carboxylic acids is 1. The van der Waals surface area contributed by atoms with Gasteiger partial charge in [0.2, 0.25) is 0 Å².